The van der Waals surface area contributed by atoms with E-state index in [0.29, 0.717) is 5.56 Å². The first-order valence-electron chi connectivity index (χ1n) is 5.28. The maximum absolute atomic E-state index is 13.6. The van der Waals surface area contributed by atoms with Crippen LogP contribution in [0.4, 0.5) is 4.39 Å². The fourth-order valence-electron chi connectivity index (χ4n) is 1.55. The van der Waals surface area contributed by atoms with Crippen molar-refractivity contribution in [3.8, 4) is 5.75 Å². The highest BCUT2D eigenvalue weighted by atomic mass is 19.1. The summed E-state index contributed by atoms with van der Waals surface area (Å²) in [5.41, 5.74) is 7.07. The lowest BCUT2D eigenvalue weighted by molar-refractivity contribution is 0.279. The van der Waals surface area contributed by atoms with Gasteiger partial charge in [-0.2, -0.15) is 0 Å². The number of aryl methyl sites for hydroxylation is 1. The molecule has 2 N–H and O–H groups in total. The van der Waals surface area contributed by atoms with Gasteiger partial charge in [0.1, 0.15) is 6.61 Å². The van der Waals surface area contributed by atoms with E-state index >= 15 is 0 Å². The number of rotatable bonds is 4. The number of nitrogens with zero attached hydrogens (tertiary/aromatic N) is 2. The standard InChI is InChI=1S/C12H14FN3O/c1-16-8-15-6-10(16)7-17-12-9(5-14)3-2-4-11(12)13/h2-4,6,8H,5,7,14H2,1H3. The van der Waals surface area contributed by atoms with E-state index in [0.717, 1.165) is 5.69 Å². The van der Waals surface area contributed by atoms with Gasteiger partial charge in [-0.1, -0.05) is 12.1 Å². The number of para-hydroxylation sites is 1. The van der Waals surface area contributed by atoms with Crippen LogP contribution in [-0.2, 0) is 20.2 Å². The molecule has 0 saturated heterocycles. The zero-order valence-electron chi connectivity index (χ0n) is 9.56. The fraction of sp³-hybridized carbons (Fsp3) is 0.250. The molecule has 2 aromatic rings. The third-order valence-corrected chi connectivity index (χ3v) is 2.55. The Kier molecular flexibility index (Phi) is 3.39. The van der Waals surface area contributed by atoms with Crippen LogP contribution in [0.2, 0.25) is 0 Å². The van der Waals surface area contributed by atoms with Gasteiger partial charge in [0.05, 0.1) is 18.2 Å². The van der Waals surface area contributed by atoms with Gasteiger partial charge in [0.2, 0.25) is 0 Å². The molecule has 0 aliphatic rings. The number of halogens is 1. The number of hydrogen-bond donors (Lipinski definition) is 1. The molecule has 0 saturated carbocycles. The van der Waals surface area contributed by atoms with Crippen molar-refractivity contribution in [2.75, 3.05) is 0 Å². The number of ether oxygens (including phenoxy) is 1. The van der Waals surface area contributed by atoms with E-state index in [4.69, 9.17) is 10.5 Å². The topological polar surface area (TPSA) is 53.1 Å². The van der Waals surface area contributed by atoms with Gasteiger partial charge in [0.15, 0.2) is 11.6 Å². The second-order valence-electron chi connectivity index (χ2n) is 3.72. The Balaban J connectivity index is 2.16. The molecule has 0 unspecified atom stereocenters. The molecule has 90 valence electrons. The van der Waals surface area contributed by atoms with Crippen molar-refractivity contribution in [3.63, 3.8) is 0 Å². The van der Waals surface area contributed by atoms with Crippen LogP contribution in [0.3, 0.4) is 0 Å². The first-order valence-corrected chi connectivity index (χ1v) is 5.28. The monoisotopic (exact) mass is 235 g/mol. The number of hydrogen-bond acceptors (Lipinski definition) is 3. The van der Waals surface area contributed by atoms with E-state index < -0.39 is 5.82 Å². The largest absolute Gasteiger partial charge is 0.484 e. The molecule has 2 rings (SSSR count). The number of aromatic nitrogens is 2. The van der Waals surface area contributed by atoms with E-state index in [1.165, 1.54) is 6.07 Å². The van der Waals surface area contributed by atoms with E-state index in [1.54, 1.807) is 24.7 Å². The summed E-state index contributed by atoms with van der Waals surface area (Å²) in [5, 5.41) is 0. The normalized spacial score (nSPS) is 10.5. The minimum atomic E-state index is -0.393. The van der Waals surface area contributed by atoms with Gasteiger partial charge in [-0.05, 0) is 6.07 Å². The van der Waals surface area contributed by atoms with Crippen LogP contribution < -0.4 is 10.5 Å². The van der Waals surface area contributed by atoms with E-state index in [9.17, 15) is 4.39 Å². The summed E-state index contributed by atoms with van der Waals surface area (Å²) in [6.07, 6.45) is 3.35. The van der Waals surface area contributed by atoms with Gasteiger partial charge in [-0.25, -0.2) is 9.37 Å². The molecule has 1 heterocycles. The second-order valence-corrected chi connectivity index (χ2v) is 3.72. The molecule has 0 fully saturated rings. The number of nitrogens with two attached hydrogens (primary N) is 1. The van der Waals surface area contributed by atoms with Crippen LogP contribution in [0.1, 0.15) is 11.3 Å². The quantitative estimate of drug-likeness (QED) is 0.875. The zero-order chi connectivity index (χ0) is 12.3. The average Bonchev–Trinajstić information content (AvgIpc) is 2.73. The summed E-state index contributed by atoms with van der Waals surface area (Å²) < 4.78 is 20.9. The van der Waals surface area contributed by atoms with Crippen LogP contribution in [0.25, 0.3) is 0 Å². The van der Waals surface area contributed by atoms with Crippen molar-refractivity contribution in [1.82, 2.24) is 9.55 Å². The Morgan fingerprint density at radius 3 is 2.94 bits per heavy atom. The van der Waals surface area contributed by atoms with E-state index in [2.05, 4.69) is 4.98 Å². The summed E-state index contributed by atoms with van der Waals surface area (Å²) in [7, 11) is 1.86. The molecule has 1 aromatic heterocycles. The molecular formula is C12H14FN3O. The van der Waals surface area contributed by atoms with Crippen molar-refractivity contribution < 1.29 is 9.13 Å². The molecule has 0 aliphatic heterocycles. The number of imidazole rings is 1. The predicted octanol–water partition coefficient (Wildman–Crippen LogP) is 1.60. The average molecular weight is 235 g/mol. The summed E-state index contributed by atoms with van der Waals surface area (Å²) in [6, 6.07) is 4.73. The van der Waals surface area contributed by atoms with Gasteiger partial charge >= 0.3 is 0 Å². The Morgan fingerprint density at radius 2 is 2.29 bits per heavy atom. The lowest BCUT2D eigenvalue weighted by Gasteiger charge is -2.11. The van der Waals surface area contributed by atoms with Crippen LogP contribution in [0.15, 0.2) is 30.7 Å². The molecule has 0 spiro atoms. The van der Waals surface area contributed by atoms with Crippen LogP contribution in [0.5, 0.6) is 5.75 Å². The molecule has 17 heavy (non-hydrogen) atoms. The summed E-state index contributed by atoms with van der Waals surface area (Å²) in [4.78, 5) is 3.96. The molecule has 1 aromatic carbocycles. The summed E-state index contributed by atoms with van der Waals surface area (Å²) >= 11 is 0. The lowest BCUT2D eigenvalue weighted by Crippen LogP contribution is -2.06. The van der Waals surface area contributed by atoms with Crippen LogP contribution >= 0.6 is 0 Å². The van der Waals surface area contributed by atoms with Crippen molar-refractivity contribution >= 4 is 0 Å². The maximum Gasteiger partial charge on any atom is 0.165 e. The molecule has 5 heteroatoms. The SMILES string of the molecule is Cn1cncc1COc1c(F)cccc1CN. The molecule has 0 aliphatic carbocycles. The highest BCUT2D eigenvalue weighted by molar-refractivity contribution is 5.34. The third-order valence-electron chi connectivity index (χ3n) is 2.55. The third kappa shape index (κ3) is 2.45. The summed E-state index contributed by atoms with van der Waals surface area (Å²) in [5.74, 6) is -0.175. The predicted molar refractivity (Wildman–Crippen MR) is 61.8 cm³/mol. The molecular weight excluding hydrogens is 221 g/mol. The summed E-state index contributed by atoms with van der Waals surface area (Å²) in [6.45, 7) is 0.517. The second kappa shape index (κ2) is 4.97. The van der Waals surface area contributed by atoms with Gasteiger partial charge in [-0.15, -0.1) is 0 Å². The van der Waals surface area contributed by atoms with Crippen molar-refractivity contribution in [2.45, 2.75) is 13.2 Å². The highest BCUT2D eigenvalue weighted by Crippen LogP contribution is 2.23. The molecule has 0 radical (unpaired) electrons. The first kappa shape index (κ1) is 11.6. The Hall–Kier alpha value is -1.88. The van der Waals surface area contributed by atoms with Crippen LogP contribution in [0, 0.1) is 5.82 Å². The van der Waals surface area contributed by atoms with Gasteiger partial charge in [-0.3, -0.25) is 0 Å². The fourth-order valence-corrected chi connectivity index (χ4v) is 1.55. The minimum Gasteiger partial charge on any atom is -0.484 e. The van der Waals surface area contributed by atoms with Gasteiger partial charge in [0, 0.05) is 19.2 Å². The lowest BCUT2D eigenvalue weighted by atomic mass is 10.2. The van der Waals surface area contributed by atoms with Gasteiger partial charge in [0.25, 0.3) is 0 Å². The zero-order valence-corrected chi connectivity index (χ0v) is 9.56. The van der Waals surface area contributed by atoms with E-state index in [1.807, 2.05) is 11.6 Å². The molecule has 0 bridgehead atoms. The molecule has 0 atom stereocenters. The van der Waals surface area contributed by atoms with Crippen LogP contribution in [-0.4, -0.2) is 9.55 Å². The Bertz CT molecular complexity index is 510. The molecule has 4 nitrogen and oxygen atoms in total. The van der Waals surface area contributed by atoms with Crippen molar-refractivity contribution in [1.29, 1.82) is 0 Å². The molecule has 0 amide bonds. The minimum absolute atomic E-state index is 0.219. The van der Waals surface area contributed by atoms with Crippen molar-refractivity contribution in [2.24, 2.45) is 12.8 Å². The highest BCUT2D eigenvalue weighted by Gasteiger charge is 2.09. The van der Waals surface area contributed by atoms with Gasteiger partial charge < -0.3 is 15.0 Å². The Morgan fingerprint density at radius 1 is 1.47 bits per heavy atom. The smallest absolute Gasteiger partial charge is 0.165 e. The van der Waals surface area contributed by atoms with E-state index in [-0.39, 0.29) is 18.9 Å². The van der Waals surface area contributed by atoms with Crippen molar-refractivity contribution in [3.05, 3.63) is 47.8 Å². The number of benzene rings is 1. The maximum atomic E-state index is 13.6. The first-order chi connectivity index (χ1) is 8.22. The Labute approximate surface area is 98.8 Å².